The fraction of sp³-hybridized carbons (Fsp3) is 0.769. The molecule has 1 rings (SSSR count). The summed E-state index contributed by atoms with van der Waals surface area (Å²) in [4.78, 5) is 24.1. The van der Waals surface area contributed by atoms with Crippen LogP contribution >= 0.6 is 12.2 Å². The maximum atomic E-state index is 12.3. The molecule has 0 spiro atoms. The zero-order valence-corrected chi connectivity index (χ0v) is 12.4. The second-order valence-electron chi connectivity index (χ2n) is 5.41. The predicted octanol–water partition coefficient (Wildman–Crippen LogP) is 0.864. The summed E-state index contributed by atoms with van der Waals surface area (Å²) in [5, 5.41) is 5.39. The third-order valence-corrected chi connectivity index (χ3v) is 3.86. The van der Waals surface area contributed by atoms with Gasteiger partial charge in [-0.05, 0) is 26.7 Å². The van der Waals surface area contributed by atoms with Gasteiger partial charge in [0.25, 0.3) is 0 Å². The van der Waals surface area contributed by atoms with Gasteiger partial charge in [-0.1, -0.05) is 31.5 Å². The Morgan fingerprint density at radius 3 is 2.32 bits per heavy atom. The number of rotatable bonds is 5. The number of nitrogens with one attached hydrogen (secondary N) is 2. The molecule has 6 heteroatoms. The van der Waals surface area contributed by atoms with Gasteiger partial charge >= 0.3 is 0 Å². The van der Waals surface area contributed by atoms with E-state index in [0.717, 1.165) is 19.3 Å². The number of carbonyl (C=O) groups excluding carboxylic acids is 2. The number of hydrogen-bond donors (Lipinski definition) is 3. The molecule has 0 heterocycles. The van der Waals surface area contributed by atoms with Crippen molar-refractivity contribution in [2.24, 2.45) is 11.1 Å². The van der Waals surface area contributed by atoms with Crippen molar-refractivity contribution in [3.63, 3.8) is 0 Å². The molecule has 0 aromatic carbocycles. The molecule has 0 atom stereocenters. The molecule has 1 saturated carbocycles. The van der Waals surface area contributed by atoms with Crippen LogP contribution in [0.4, 0.5) is 0 Å². The first-order valence-electron chi connectivity index (χ1n) is 6.76. The van der Waals surface area contributed by atoms with E-state index in [-0.39, 0.29) is 29.4 Å². The quantitative estimate of drug-likeness (QED) is 0.654. The molecule has 19 heavy (non-hydrogen) atoms. The highest BCUT2D eigenvalue weighted by Gasteiger charge is 2.42. The number of nitrogens with two attached hydrogens (primary N) is 1. The average molecular weight is 285 g/mol. The highest BCUT2D eigenvalue weighted by Crippen LogP contribution is 2.36. The lowest BCUT2D eigenvalue weighted by atomic mass is 9.73. The molecule has 108 valence electrons. The molecule has 1 aliphatic rings. The van der Waals surface area contributed by atoms with E-state index in [2.05, 4.69) is 10.6 Å². The van der Waals surface area contributed by atoms with Crippen LogP contribution in [-0.2, 0) is 9.59 Å². The summed E-state index contributed by atoms with van der Waals surface area (Å²) in [6, 6.07) is 0.0589. The minimum absolute atomic E-state index is 0.0264. The first-order valence-corrected chi connectivity index (χ1v) is 7.17. The summed E-state index contributed by atoms with van der Waals surface area (Å²) in [5.74, 6) is -0.407. The molecule has 4 N–H and O–H groups in total. The van der Waals surface area contributed by atoms with Crippen molar-refractivity contribution < 1.29 is 9.59 Å². The van der Waals surface area contributed by atoms with Crippen LogP contribution in [-0.4, -0.2) is 29.4 Å². The highest BCUT2D eigenvalue weighted by atomic mass is 32.1. The molecule has 2 amide bonds. The van der Waals surface area contributed by atoms with E-state index >= 15 is 0 Å². The van der Waals surface area contributed by atoms with Gasteiger partial charge in [-0.3, -0.25) is 9.59 Å². The zero-order valence-electron chi connectivity index (χ0n) is 11.6. The number of amides is 2. The van der Waals surface area contributed by atoms with Gasteiger partial charge in [-0.2, -0.15) is 0 Å². The zero-order chi connectivity index (χ0) is 14.5. The summed E-state index contributed by atoms with van der Waals surface area (Å²) in [6.07, 6.45) is 4.36. The molecular weight excluding hydrogens is 262 g/mol. The second kappa shape index (κ2) is 6.84. The number of hydrogen-bond acceptors (Lipinski definition) is 3. The van der Waals surface area contributed by atoms with E-state index in [1.807, 2.05) is 13.8 Å². The minimum atomic E-state index is -0.758. The van der Waals surface area contributed by atoms with Gasteiger partial charge in [-0.15, -0.1) is 0 Å². The van der Waals surface area contributed by atoms with E-state index in [1.165, 1.54) is 0 Å². The number of thiocarbonyl (C=S) groups is 1. The van der Waals surface area contributed by atoms with E-state index in [4.69, 9.17) is 18.0 Å². The van der Waals surface area contributed by atoms with E-state index in [1.54, 1.807) is 0 Å². The van der Waals surface area contributed by atoms with Crippen LogP contribution in [0.3, 0.4) is 0 Å². The molecule has 1 fully saturated rings. The van der Waals surface area contributed by atoms with Crippen molar-refractivity contribution in [2.75, 3.05) is 6.54 Å². The Bertz CT molecular complexity index is 363. The second-order valence-corrected chi connectivity index (χ2v) is 5.85. The Balaban J connectivity index is 2.59. The van der Waals surface area contributed by atoms with Crippen molar-refractivity contribution in [3.8, 4) is 0 Å². The van der Waals surface area contributed by atoms with Gasteiger partial charge < -0.3 is 16.4 Å². The summed E-state index contributed by atoms with van der Waals surface area (Å²) in [6.45, 7) is 3.72. The maximum absolute atomic E-state index is 12.3. The molecule has 0 bridgehead atoms. The predicted molar refractivity (Wildman–Crippen MR) is 78.6 cm³/mol. The van der Waals surface area contributed by atoms with Crippen LogP contribution in [0.2, 0.25) is 0 Å². The fourth-order valence-electron chi connectivity index (χ4n) is 2.44. The van der Waals surface area contributed by atoms with Gasteiger partial charge in [-0.25, -0.2) is 0 Å². The van der Waals surface area contributed by atoms with Crippen molar-refractivity contribution in [3.05, 3.63) is 0 Å². The third-order valence-electron chi connectivity index (χ3n) is 3.47. The molecule has 0 aromatic heterocycles. The molecule has 0 aliphatic heterocycles. The van der Waals surface area contributed by atoms with E-state index in [9.17, 15) is 9.59 Å². The lowest BCUT2D eigenvalue weighted by Crippen LogP contribution is -2.52. The molecule has 5 nitrogen and oxygen atoms in total. The lowest BCUT2D eigenvalue weighted by molar-refractivity contribution is -0.131. The molecule has 1 aliphatic carbocycles. The molecule has 0 aromatic rings. The summed E-state index contributed by atoms with van der Waals surface area (Å²) in [7, 11) is 0. The van der Waals surface area contributed by atoms with Gasteiger partial charge in [0.1, 0.15) is 0 Å². The van der Waals surface area contributed by atoms with Crippen LogP contribution in [0.25, 0.3) is 0 Å². The Kier molecular flexibility index (Phi) is 5.72. The molecule has 0 saturated heterocycles. The van der Waals surface area contributed by atoms with Crippen molar-refractivity contribution in [1.29, 1.82) is 0 Å². The topological polar surface area (TPSA) is 84.2 Å². The maximum Gasteiger partial charge on any atom is 0.239 e. The van der Waals surface area contributed by atoms with Crippen LogP contribution in [0, 0.1) is 5.41 Å². The van der Waals surface area contributed by atoms with E-state index in [0.29, 0.717) is 12.8 Å². The van der Waals surface area contributed by atoms with Crippen molar-refractivity contribution in [1.82, 2.24) is 10.6 Å². The van der Waals surface area contributed by atoms with Gasteiger partial charge in [0.15, 0.2) is 0 Å². The summed E-state index contributed by atoms with van der Waals surface area (Å²) >= 11 is 5.07. The molecule has 0 unspecified atom stereocenters. The largest absolute Gasteiger partial charge is 0.392 e. The Morgan fingerprint density at radius 1 is 1.26 bits per heavy atom. The number of carbonyl (C=O) groups is 2. The minimum Gasteiger partial charge on any atom is -0.392 e. The van der Waals surface area contributed by atoms with Gasteiger partial charge in [0, 0.05) is 6.04 Å². The Hall–Kier alpha value is -1.17. The Labute approximate surface area is 119 Å². The SMILES string of the molecule is CC(C)NC(=O)CNC(=O)C1(C(N)=S)CCCCC1. The lowest BCUT2D eigenvalue weighted by Gasteiger charge is -2.34. The summed E-state index contributed by atoms with van der Waals surface area (Å²) in [5.41, 5.74) is 5.00. The van der Waals surface area contributed by atoms with Crippen LogP contribution in [0.15, 0.2) is 0 Å². The normalized spacial score (nSPS) is 17.8. The first kappa shape index (κ1) is 15.9. The van der Waals surface area contributed by atoms with Gasteiger partial charge in [0.2, 0.25) is 11.8 Å². The molecular formula is C13H23N3O2S. The van der Waals surface area contributed by atoms with Gasteiger partial charge in [0.05, 0.1) is 16.9 Å². The third kappa shape index (κ3) is 4.16. The van der Waals surface area contributed by atoms with Crippen molar-refractivity contribution in [2.45, 2.75) is 52.0 Å². The van der Waals surface area contributed by atoms with E-state index < -0.39 is 5.41 Å². The monoisotopic (exact) mass is 285 g/mol. The molecule has 0 radical (unpaired) electrons. The fourth-order valence-corrected chi connectivity index (χ4v) is 2.74. The first-order chi connectivity index (χ1) is 8.88. The van der Waals surface area contributed by atoms with Crippen molar-refractivity contribution >= 4 is 29.0 Å². The van der Waals surface area contributed by atoms with Crippen LogP contribution in [0.5, 0.6) is 0 Å². The standard InChI is InChI=1S/C13H23N3O2S/c1-9(2)16-10(17)8-15-12(18)13(11(14)19)6-4-3-5-7-13/h9H,3-8H2,1-2H3,(H2,14,19)(H,15,18)(H,16,17). The highest BCUT2D eigenvalue weighted by molar-refractivity contribution is 7.80. The Morgan fingerprint density at radius 2 is 1.84 bits per heavy atom. The van der Waals surface area contributed by atoms with Crippen LogP contribution < -0.4 is 16.4 Å². The average Bonchev–Trinajstić information content (AvgIpc) is 2.35. The smallest absolute Gasteiger partial charge is 0.239 e. The summed E-state index contributed by atoms with van der Waals surface area (Å²) < 4.78 is 0. The van der Waals surface area contributed by atoms with Crippen LogP contribution in [0.1, 0.15) is 46.0 Å².